The molecule has 1 aromatic carbocycles. The van der Waals surface area contributed by atoms with Crippen LogP contribution in [0.1, 0.15) is 19.3 Å². The molecular formula is C12H10F5NSSe. The average Bonchev–Trinajstić information content (AvgIpc) is 2.45. The predicted octanol–water partition coefficient (Wildman–Crippen LogP) is 3.72. The summed E-state index contributed by atoms with van der Waals surface area (Å²) in [5, 5.41) is 0. The molecule has 0 atom stereocenters. The molecule has 0 unspecified atom stereocenters. The fourth-order valence-electron chi connectivity index (χ4n) is 1.40. The Morgan fingerprint density at radius 3 is 1.95 bits per heavy atom. The van der Waals surface area contributed by atoms with E-state index >= 15 is 0 Å². The van der Waals surface area contributed by atoms with Crippen molar-refractivity contribution in [2.75, 3.05) is 12.3 Å². The van der Waals surface area contributed by atoms with Crippen molar-refractivity contribution in [3.8, 4) is 0 Å². The van der Waals surface area contributed by atoms with Gasteiger partial charge in [-0.05, 0) is 0 Å². The van der Waals surface area contributed by atoms with Gasteiger partial charge in [0.2, 0.25) is 0 Å². The molecule has 1 nitrogen and oxygen atoms in total. The van der Waals surface area contributed by atoms with Crippen LogP contribution >= 0.6 is 11.8 Å². The number of rotatable bonds is 7. The molecule has 0 bridgehead atoms. The van der Waals surface area contributed by atoms with Gasteiger partial charge in [0.1, 0.15) is 0 Å². The molecule has 0 fully saturated rings. The van der Waals surface area contributed by atoms with Gasteiger partial charge in [-0.2, -0.15) is 0 Å². The van der Waals surface area contributed by atoms with Crippen molar-refractivity contribution >= 4 is 32.1 Å². The topological polar surface area (TPSA) is 12.4 Å². The van der Waals surface area contributed by atoms with Gasteiger partial charge in [0.05, 0.1) is 0 Å². The van der Waals surface area contributed by atoms with Crippen molar-refractivity contribution in [3.63, 3.8) is 0 Å². The predicted molar refractivity (Wildman–Crippen MR) is 68.9 cm³/mol. The monoisotopic (exact) mass is 375 g/mol. The number of hydrogen-bond acceptors (Lipinski definition) is 2. The Labute approximate surface area is 125 Å². The van der Waals surface area contributed by atoms with E-state index < -0.39 is 34.0 Å². The summed E-state index contributed by atoms with van der Waals surface area (Å²) in [6.45, 7) is 0.584. The number of aliphatic imine (C=N–C) groups is 1. The molecule has 0 saturated carbocycles. The van der Waals surface area contributed by atoms with Crippen molar-refractivity contribution in [1.29, 1.82) is 0 Å². The zero-order chi connectivity index (χ0) is 15.1. The molecule has 0 spiro atoms. The van der Waals surface area contributed by atoms with Gasteiger partial charge in [0.25, 0.3) is 0 Å². The molecule has 110 valence electrons. The third-order valence-corrected chi connectivity index (χ3v) is 3.81. The quantitative estimate of drug-likeness (QED) is 0.135. The molecule has 1 rings (SSSR count). The molecule has 0 aromatic heterocycles. The molecule has 20 heavy (non-hydrogen) atoms. The molecule has 0 radical (unpaired) electrons. The van der Waals surface area contributed by atoms with Crippen molar-refractivity contribution in [2.45, 2.75) is 24.2 Å². The zero-order valence-electron chi connectivity index (χ0n) is 10.2. The number of nitrogens with zero attached hydrogens (tertiary/aromatic N) is 1. The number of unbranched alkanes of at least 4 members (excludes halogenated alkanes) is 2. The SMILES string of the molecule is Fc1c(F)c(F)c(SCCCCCN=C=[Se])c(F)c1F. The summed E-state index contributed by atoms with van der Waals surface area (Å²) in [7, 11) is 0. The molecule has 0 aliphatic heterocycles. The molecule has 0 saturated heterocycles. The van der Waals surface area contributed by atoms with Crippen molar-refractivity contribution in [1.82, 2.24) is 0 Å². The molecule has 8 heteroatoms. The molecular weight excluding hydrogens is 364 g/mol. The summed E-state index contributed by atoms with van der Waals surface area (Å²) in [5.74, 6) is -9.22. The first kappa shape index (κ1) is 17.4. The maximum absolute atomic E-state index is 13.3. The van der Waals surface area contributed by atoms with Gasteiger partial charge in [0, 0.05) is 0 Å². The molecule has 0 amide bonds. The summed E-state index contributed by atoms with van der Waals surface area (Å²) < 4.78 is 67.8. The minimum absolute atomic E-state index is 0.268. The Hall–Kier alpha value is -0.681. The van der Waals surface area contributed by atoms with Crippen LogP contribution in [0, 0.1) is 29.1 Å². The third-order valence-electron chi connectivity index (χ3n) is 2.39. The first-order chi connectivity index (χ1) is 9.50. The van der Waals surface area contributed by atoms with E-state index in [2.05, 4.69) is 25.3 Å². The van der Waals surface area contributed by atoms with E-state index in [0.29, 0.717) is 24.7 Å². The molecule has 0 heterocycles. The number of benzene rings is 1. The third kappa shape index (κ3) is 4.42. The van der Waals surface area contributed by atoms with Gasteiger partial charge in [-0.25, -0.2) is 4.39 Å². The van der Waals surface area contributed by atoms with Crippen LogP contribution in [0.4, 0.5) is 22.0 Å². The van der Waals surface area contributed by atoms with Crippen LogP contribution in [-0.2, 0) is 0 Å². The second kappa shape index (κ2) is 8.57. The van der Waals surface area contributed by atoms with Gasteiger partial charge in [0.15, 0.2) is 0 Å². The average molecular weight is 374 g/mol. The van der Waals surface area contributed by atoms with E-state index in [1.54, 1.807) is 0 Å². The normalized spacial score (nSPS) is 10.4. The second-order valence-corrected chi connectivity index (χ2v) is 5.27. The standard InChI is InChI=1S/C12H10F5NSSe/c13-7-8(14)10(16)12(11(17)9(7)15)19-5-3-1-2-4-18-6-20/h1-5H2. The van der Waals surface area contributed by atoms with Crippen LogP contribution in [0.2, 0.25) is 0 Å². The molecule has 0 aliphatic carbocycles. The fraction of sp³-hybridized carbons (Fsp3) is 0.417. The van der Waals surface area contributed by atoms with Crippen molar-refractivity contribution < 1.29 is 22.0 Å². The molecule has 0 aliphatic rings. The van der Waals surface area contributed by atoms with Gasteiger partial charge in [-0.3, -0.25) is 0 Å². The Morgan fingerprint density at radius 1 is 0.850 bits per heavy atom. The van der Waals surface area contributed by atoms with Gasteiger partial charge < -0.3 is 0 Å². The van der Waals surface area contributed by atoms with E-state index in [4.69, 9.17) is 0 Å². The van der Waals surface area contributed by atoms with Crippen LogP contribution in [0.5, 0.6) is 0 Å². The minimum atomic E-state index is -2.13. The molecule has 1 aromatic rings. The van der Waals surface area contributed by atoms with E-state index in [9.17, 15) is 22.0 Å². The molecule has 0 N–H and O–H groups in total. The Kier molecular flexibility index (Phi) is 7.45. The maximum atomic E-state index is 13.3. The number of thioether (sulfide) groups is 1. The van der Waals surface area contributed by atoms with Crippen LogP contribution in [-0.4, -0.2) is 32.6 Å². The summed E-state index contributed by atoms with van der Waals surface area (Å²) in [6, 6.07) is 0. The zero-order valence-corrected chi connectivity index (χ0v) is 12.7. The van der Waals surface area contributed by atoms with Crippen LogP contribution < -0.4 is 0 Å². The van der Waals surface area contributed by atoms with Crippen LogP contribution in [0.3, 0.4) is 0 Å². The van der Waals surface area contributed by atoms with Crippen LogP contribution in [0.15, 0.2) is 9.89 Å². The van der Waals surface area contributed by atoms with Gasteiger partial charge >= 0.3 is 120 Å². The van der Waals surface area contributed by atoms with E-state index in [-0.39, 0.29) is 5.75 Å². The Bertz CT molecular complexity index is 502. The van der Waals surface area contributed by atoms with Gasteiger partial charge in [-0.1, -0.05) is 0 Å². The van der Waals surface area contributed by atoms with E-state index in [1.165, 1.54) is 0 Å². The van der Waals surface area contributed by atoms with Crippen molar-refractivity contribution in [3.05, 3.63) is 29.1 Å². The first-order valence-corrected chi connectivity index (χ1v) is 7.52. The number of halogens is 5. The van der Waals surface area contributed by atoms with Crippen LogP contribution in [0.25, 0.3) is 0 Å². The first-order valence-electron chi connectivity index (χ1n) is 5.68. The summed E-state index contributed by atoms with van der Waals surface area (Å²) in [5.41, 5.74) is 0. The van der Waals surface area contributed by atoms with E-state index in [1.807, 2.05) is 0 Å². The Balaban J connectivity index is 2.58. The summed E-state index contributed by atoms with van der Waals surface area (Å²) in [4.78, 5) is 2.99. The number of hydrogen-bond donors (Lipinski definition) is 0. The summed E-state index contributed by atoms with van der Waals surface area (Å²) in [6.07, 6.45) is 2.10. The summed E-state index contributed by atoms with van der Waals surface area (Å²) >= 11 is 3.11. The van der Waals surface area contributed by atoms with Crippen molar-refractivity contribution in [2.24, 2.45) is 4.99 Å². The fourth-order valence-corrected chi connectivity index (χ4v) is 2.58. The van der Waals surface area contributed by atoms with Gasteiger partial charge in [-0.15, -0.1) is 0 Å². The Morgan fingerprint density at radius 2 is 1.40 bits per heavy atom. The van der Waals surface area contributed by atoms with E-state index in [0.717, 1.165) is 12.8 Å². The second-order valence-electron chi connectivity index (χ2n) is 3.78.